The number of amides is 1. The van der Waals surface area contributed by atoms with Gasteiger partial charge in [0.15, 0.2) is 0 Å². The number of hydrogen-bond acceptors (Lipinski definition) is 3. The number of nitrogens with zero attached hydrogens (tertiary/aromatic N) is 1. The van der Waals surface area contributed by atoms with Gasteiger partial charge in [0.1, 0.15) is 0 Å². The zero-order valence-electron chi connectivity index (χ0n) is 11.4. The van der Waals surface area contributed by atoms with Crippen molar-refractivity contribution in [2.45, 2.75) is 58.7 Å². The van der Waals surface area contributed by atoms with Crippen LogP contribution in [0, 0.1) is 0 Å². The van der Waals surface area contributed by atoms with Crippen molar-refractivity contribution in [3.63, 3.8) is 0 Å². The predicted molar refractivity (Wildman–Crippen MR) is 68.7 cm³/mol. The van der Waals surface area contributed by atoms with E-state index in [-0.39, 0.29) is 18.1 Å². The third-order valence-corrected chi connectivity index (χ3v) is 3.17. The molecule has 17 heavy (non-hydrogen) atoms. The first-order chi connectivity index (χ1) is 8.24. The van der Waals surface area contributed by atoms with E-state index in [0.717, 1.165) is 25.7 Å². The lowest BCUT2D eigenvalue weighted by Gasteiger charge is -2.23. The Morgan fingerprint density at radius 1 is 1.24 bits per heavy atom. The normalized spacial score (nSPS) is 24.6. The molecule has 1 amide bonds. The van der Waals surface area contributed by atoms with Gasteiger partial charge in [-0.05, 0) is 19.8 Å². The maximum atomic E-state index is 12.2. The molecule has 1 aliphatic rings. The zero-order chi connectivity index (χ0) is 12.7. The molecule has 1 fully saturated rings. The summed E-state index contributed by atoms with van der Waals surface area (Å²) in [7, 11) is 0. The summed E-state index contributed by atoms with van der Waals surface area (Å²) in [5.74, 6) is 0.255. The van der Waals surface area contributed by atoms with Crippen LogP contribution in [0.4, 0.5) is 0 Å². The predicted octanol–water partition coefficient (Wildman–Crippen LogP) is 1.75. The van der Waals surface area contributed by atoms with Crippen LogP contribution in [-0.2, 0) is 9.53 Å². The van der Waals surface area contributed by atoms with Gasteiger partial charge in [0.05, 0.1) is 18.8 Å². The van der Waals surface area contributed by atoms with Crippen molar-refractivity contribution < 1.29 is 9.53 Å². The number of hydrogen-bond donors (Lipinski definition) is 1. The molecule has 1 saturated heterocycles. The summed E-state index contributed by atoms with van der Waals surface area (Å²) in [6, 6.07) is 0.0261. The fourth-order valence-corrected chi connectivity index (χ4v) is 2.33. The van der Waals surface area contributed by atoms with E-state index in [4.69, 9.17) is 4.74 Å². The average Bonchev–Trinajstić information content (AvgIpc) is 2.59. The zero-order valence-corrected chi connectivity index (χ0v) is 11.4. The molecule has 1 aliphatic heterocycles. The van der Waals surface area contributed by atoms with Crippen LogP contribution in [0.15, 0.2) is 0 Å². The molecule has 100 valence electrons. The van der Waals surface area contributed by atoms with Crippen molar-refractivity contribution in [3.8, 4) is 0 Å². The van der Waals surface area contributed by atoms with Crippen LogP contribution in [0.3, 0.4) is 0 Å². The standard InChI is InChI=1S/C13H26N2O2/c1-4-7-11-13(16)15(9-10-17-6-3)12(14-11)8-5-2/h11-12,14H,4-10H2,1-3H3. The van der Waals surface area contributed by atoms with Gasteiger partial charge in [0.25, 0.3) is 0 Å². The van der Waals surface area contributed by atoms with E-state index in [1.807, 2.05) is 11.8 Å². The molecule has 4 nitrogen and oxygen atoms in total. The third-order valence-electron chi connectivity index (χ3n) is 3.17. The topological polar surface area (TPSA) is 41.6 Å². The quantitative estimate of drug-likeness (QED) is 0.659. The van der Waals surface area contributed by atoms with E-state index < -0.39 is 0 Å². The summed E-state index contributed by atoms with van der Waals surface area (Å²) in [5.41, 5.74) is 0. The second-order valence-corrected chi connectivity index (χ2v) is 4.54. The van der Waals surface area contributed by atoms with Crippen LogP contribution in [0.1, 0.15) is 46.5 Å². The van der Waals surface area contributed by atoms with Gasteiger partial charge >= 0.3 is 0 Å². The van der Waals surface area contributed by atoms with Gasteiger partial charge in [-0.2, -0.15) is 0 Å². The highest BCUT2D eigenvalue weighted by Gasteiger charge is 2.36. The van der Waals surface area contributed by atoms with Crippen molar-refractivity contribution in [1.29, 1.82) is 0 Å². The summed E-state index contributed by atoms with van der Waals surface area (Å²) in [6.45, 7) is 8.32. The molecular formula is C13H26N2O2. The number of carbonyl (C=O) groups is 1. The lowest BCUT2D eigenvalue weighted by molar-refractivity contribution is -0.130. The van der Waals surface area contributed by atoms with Gasteiger partial charge in [-0.25, -0.2) is 0 Å². The van der Waals surface area contributed by atoms with Crippen LogP contribution in [0.25, 0.3) is 0 Å². The maximum absolute atomic E-state index is 12.2. The van der Waals surface area contributed by atoms with Crippen molar-refractivity contribution in [3.05, 3.63) is 0 Å². The van der Waals surface area contributed by atoms with Crippen molar-refractivity contribution in [2.75, 3.05) is 19.8 Å². The van der Waals surface area contributed by atoms with E-state index in [0.29, 0.717) is 19.8 Å². The summed E-state index contributed by atoms with van der Waals surface area (Å²) in [5, 5.41) is 3.44. The Morgan fingerprint density at radius 2 is 1.94 bits per heavy atom. The van der Waals surface area contributed by atoms with Crippen LogP contribution in [0.2, 0.25) is 0 Å². The Balaban J connectivity index is 2.52. The lowest BCUT2D eigenvalue weighted by atomic mass is 10.2. The largest absolute Gasteiger partial charge is 0.380 e. The van der Waals surface area contributed by atoms with Crippen LogP contribution >= 0.6 is 0 Å². The molecule has 0 radical (unpaired) electrons. The first-order valence-electron chi connectivity index (χ1n) is 6.88. The highest BCUT2D eigenvalue weighted by Crippen LogP contribution is 2.17. The number of carbonyl (C=O) groups excluding carboxylic acids is 1. The third kappa shape index (κ3) is 3.96. The highest BCUT2D eigenvalue weighted by molar-refractivity contribution is 5.84. The van der Waals surface area contributed by atoms with Gasteiger partial charge in [-0.1, -0.05) is 26.7 Å². The molecule has 0 aliphatic carbocycles. The van der Waals surface area contributed by atoms with Gasteiger partial charge < -0.3 is 9.64 Å². The first-order valence-corrected chi connectivity index (χ1v) is 6.88. The summed E-state index contributed by atoms with van der Waals surface area (Å²) < 4.78 is 5.34. The Bertz CT molecular complexity index is 233. The first kappa shape index (κ1) is 14.5. The van der Waals surface area contributed by atoms with Crippen LogP contribution < -0.4 is 5.32 Å². The second-order valence-electron chi connectivity index (χ2n) is 4.54. The molecule has 0 bridgehead atoms. The Labute approximate surface area is 105 Å². The minimum Gasteiger partial charge on any atom is -0.380 e. The Morgan fingerprint density at radius 3 is 2.53 bits per heavy atom. The Kier molecular flexibility index (Phi) is 6.52. The molecule has 2 unspecified atom stereocenters. The Hall–Kier alpha value is -0.610. The lowest BCUT2D eigenvalue weighted by Crippen LogP contribution is -2.39. The van der Waals surface area contributed by atoms with Gasteiger partial charge in [0, 0.05) is 13.2 Å². The molecule has 1 heterocycles. The fraction of sp³-hybridized carbons (Fsp3) is 0.923. The number of ether oxygens (including phenoxy) is 1. The number of rotatable bonds is 8. The molecule has 1 rings (SSSR count). The molecule has 2 atom stereocenters. The minimum absolute atomic E-state index is 0.0261. The molecular weight excluding hydrogens is 216 g/mol. The monoisotopic (exact) mass is 242 g/mol. The SMILES string of the molecule is CCCC1NC(CCC)N(CCOCC)C1=O. The van der Waals surface area contributed by atoms with E-state index in [1.165, 1.54) is 0 Å². The summed E-state index contributed by atoms with van der Waals surface area (Å²) in [4.78, 5) is 14.1. The van der Waals surface area contributed by atoms with E-state index in [1.54, 1.807) is 0 Å². The van der Waals surface area contributed by atoms with Crippen LogP contribution in [-0.4, -0.2) is 42.8 Å². The fourth-order valence-electron chi connectivity index (χ4n) is 2.33. The molecule has 0 spiro atoms. The molecule has 4 heteroatoms. The average molecular weight is 242 g/mol. The smallest absolute Gasteiger partial charge is 0.241 e. The molecule has 1 N–H and O–H groups in total. The van der Waals surface area contributed by atoms with Crippen molar-refractivity contribution >= 4 is 5.91 Å². The van der Waals surface area contributed by atoms with Crippen molar-refractivity contribution in [1.82, 2.24) is 10.2 Å². The minimum atomic E-state index is 0.0261. The molecule has 0 aromatic heterocycles. The van der Waals surface area contributed by atoms with Gasteiger partial charge in [0.2, 0.25) is 5.91 Å². The van der Waals surface area contributed by atoms with E-state index in [9.17, 15) is 4.79 Å². The van der Waals surface area contributed by atoms with Crippen LogP contribution in [0.5, 0.6) is 0 Å². The summed E-state index contributed by atoms with van der Waals surface area (Å²) >= 11 is 0. The highest BCUT2D eigenvalue weighted by atomic mass is 16.5. The molecule has 0 aromatic carbocycles. The number of nitrogens with one attached hydrogen (secondary N) is 1. The van der Waals surface area contributed by atoms with E-state index in [2.05, 4.69) is 19.2 Å². The maximum Gasteiger partial charge on any atom is 0.241 e. The second kappa shape index (κ2) is 7.67. The van der Waals surface area contributed by atoms with Gasteiger partial charge in [-0.15, -0.1) is 0 Å². The molecule has 0 saturated carbocycles. The summed E-state index contributed by atoms with van der Waals surface area (Å²) in [6.07, 6.45) is 4.31. The van der Waals surface area contributed by atoms with E-state index >= 15 is 0 Å². The van der Waals surface area contributed by atoms with Gasteiger partial charge in [-0.3, -0.25) is 10.1 Å². The molecule has 0 aromatic rings. The van der Waals surface area contributed by atoms with Crippen molar-refractivity contribution in [2.24, 2.45) is 0 Å².